The van der Waals surface area contributed by atoms with Gasteiger partial charge in [-0.3, -0.25) is 20.4 Å². The Morgan fingerprint density at radius 2 is 1.75 bits per heavy atom. The van der Waals surface area contributed by atoms with Crippen molar-refractivity contribution >= 4 is 17.9 Å². The number of carbonyl (C=O) groups is 2. The third kappa shape index (κ3) is 5.87. The first-order valence-corrected chi connectivity index (χ1v) is 9.15. The van der Waals surface area contributed by atoms with Gasteiger partial charge in [0.25, 0.3) is 11.8 Å². The van der Waals surface area contributed by atoms with E-state index in [1.165, 1.54) is 6.08 Å². The third-order valence-electron chi connectivity index (χ3n) is 4.17. The zero-order valence-corrected chi connectivity index (χ0v) is 16.6. The number of hydrazine groups is 1. The molecule has 6 heteroatoms. The van der Waals surface area contributed by atoms with Gasteiger partial charge in [0.05, 0.1) is 6.61 Å². The predicted molar refractivity (Wildman–Crippen MR) is 109 cm³/mol. The fourth-order valence-corrected chi connectivity index (χ4v) is 2.43. The molecule has 0 bridgehead atoms. The minimum Gasteiger partial charge on any atom is -0.493 e. The number of amides is 2. The largest absolute Gasteiger partial charge is 0.493 e. The molecule has 0 spiro atoms. The third-order valence-corrected chi connectivity index (χ3v) is 4.17. The number of nitrogens with one attached hydrogen (secondary N) is 2. The molecule has 6 nitrogen and oxygen atoms in total. The Bertz CT molecular complexity index is 861. The molecule has 148 valence electrons. The van der Waals surface area contributed by atoms with Crippen molar-refractivity contribution in [3.8, 4) is 11.5 Å². The summed E-state index contributed by atoms with van der Waals surface area (Å²) < 4.78 is 11.2. The number of para-hydroxylation sites is 1. The molecule has 2 aromatic carbocycles. The van der Waals surface area contributed by atoms with Gasteiger partial charge in [0.15, 0.2) is 6.10 Å². The van der Waals surface area contributed by atoms with Gasteiger partial charge in [-0.2, -0.15) is 0 Å². The van der Waals surface area contributed by atoms with Crippen LogP contribution in [-0.4, -0.2) is 24.5 Å². The van der Waals surface area contributed by atoms with Gasteiger partial charge < -0.3 is 9.47 Å². The van der Waals surface area contributed by atoms with Crippen LogP contribution in [0.3, 0.4) is 0 Å². The van der Waals surface area contributed by atoms with Gasteiger partial charge in [0.2, 0.25) is 0 Å². The Hall–Kier alpha value is -3.28. The summed E-state index contributed by atoms with van der Waals surface area (Å²) in [5, 5.41) is 0. The van der Waals surface area contributed by atoms with Gasteiger partial charge in [0.1, 0.15) is 11.5 Å². The minimum absolute atomic E-state index is 0.447. The average molecular weight is 382 g/mol. The molecular weight excluding hydrogens is 356 g/mol. The first-order chi connectivity index (χ1) is 13.4. The number of rotatable bonds is 7. The minimum atomic E-state index is -0.761. The fourth-order valence-electron chi connectivity index (χ4n) is 2.43. The molecule has 0 fully saturated rings. The van der Waals surface area contributed by atoms with Crippen LogP contribution in [0.15, 0.2) is 48.5 Å². The number of benzene rings is 2. The summed E-state index contributed by atoms with van der Waals surface area (Å²) in [5.74, 6) is 0.422. The van der Waals surface area contributed by atoms with Crippen molar-refractivity contribution in [1.82, 2.24) is 10.9 Å². The van der Waals surface area contributed by atoms with Crippen molar-refractivity contribution in [3.63, 3.8) is 0 Å². The summed E-state index contributed by atoms with van der Waals surface area (Å²) in [6.45, 7) is 7.96. The van der Waals surface area contributed by atoms with Crippen LogP contribution in [0.4, 0.5) is 0 Å². The molecule has 0 aliphatic rings. The number of ether oxygens (including phenoxy) is 2. The van der Waals surface area contributed by atoms with Crippen molar-refractivity contribution in [1.29, 1.82) is 0 Å². The van der Waals surface area contributed by atoms with Crippen molar-refractivity contribution in [2.45, 2.75) is 33.8 Å². The maximum atomic E-state index is 12.2. The lowest BCUT2D eigenvalue weighted by Gasteiger charge is -2.17. The highest BCUT2D eigenvalue weighted by Crippen LogP contribution is 2.22. The second-order valence-corrected chi connectivity index (χ2v) is 6.24. The second-order valence-electron chi connectivity index (χ2n) is 6.24. The second kappa shape index (κ2) is 10.2. The van der Waals surface area contributed by atoms with Crippen LogP contribution in [0.25, 0.3) is 6.08 Å². The number of aryl methyl sites for hydroxylation is 1. The fraction of sp³-hybridized carbons (Fsp3) is 0.273. The molecule has 0 unspecified atom stereocenters. The first kappa shape index (κ1) is 21.0. The summed E-state index contributed by atoms with van der Waals surface area (Å²) in [4.78, 5) is 24.1. The molecule has 0 radical (unpaired) electrons. The topological polar surface area (TPSA) is 76.7 Å². The van der Waals surface area contributed by atoms with E-state index in [0.29, 0.717) is 18.1 Å². The van der Waals surface area contributed by atoms with E-state index in [1.54, 1.807) is 13.0 Å². The number of carbonyl (C=O) groups excluding carboxylic acids is 2. The zero-order valence-electron chi connectivity index (χ0n) is 16.6. The lowest BCUT2D eigenvalue weighted by molar-refractivity contribution is -0.131. The molecule has 1 atom stereocenters. The molecule has 2 aromatic rings. The van der Waals surface area contributed by atoms with Gasteiger partial charge >= 0.3 is 0 Å². The van der Waals surface area contributed by atoms with Crippen molar-refractivity contribution in [2.75, 3.05) is 6.61 Å². The summed E-state index contributed by atoms with van der Waals surface area (Å²) in [6, 6.07) is 13.0. The van der Waals surface area contributed by atoms with Crippen LogP contribution in [-0.2, 0) is 9.59 Å². The summed E-state index contributed by atoms with van der Waals surface area (Å²) in [5.41, 5.74) is 7.55. The van der Waals surface area contributed by atoms with E-state index in [0.717, 1.165) is 16.7 Å². The molecular formula is C22H26N2O4. The molecule has 0 heterocycles. The summed E-state index contributed by atoms with van der Waals surface area (Å²) >= 11 is 0. The van der Waals surface area contributed by atoms with Crippen LogP contribution < -0.4 is 20.3 Å². The van der Waals surface area contributed by atoms with Gasteiger partial charge in [-0.15, -0.1) is 0 Å². The summed E-state index contributed by atoms with van der Waals surface area (Å²) in [7, 11) is 0. The van der Waals surface area contributed by atoms with E-state index >= 15 is 0 Å². The quantitative estimate of drug-likeness (QED) is 0.569. The normalized spacial score (nSPS) is 11.7. The van der Waals surface area contributed by atoms with E-state index in [4.69, 9.17) is 9.47 Å². The van der Waals surface area contributed by atoms with E-state index in [2.05, 4.69) is 10.9 Å². The van der Waals surface area contributed by atoms with Crippen LogP contribution in [0, 0.1) is 13.8 Å². The molecule has 2 amide bonds. The highest BCUT2D eigenvalue weighted by Gasteiger charge is 2.16. The lowest BCUT2D eigenvalue weighted by Crippen LogP contribution is -2.46. The monoisotopic (exact) mass is 382 g/mol. The number of hydrogen-bond acceptors (Lipinski definition) is 4. The highest BCUT2D eigenvalue weighted by atomic mass is 16.5. The average Bonchev–Trinajstić information content (AvgIpc) is 2.69. The molecule has 0 aliphatic heterocycles. The Morgan fingerprint density at radius 1 is 1.04 bits per heavy atom. The van der Waals surface area contributed by atoms with Crippen molar-refractivity contribution < 1.29 is 19.1 Å². The molecule has 0 aliphatic carbocycles. The van der Waals surface area contributed by atoms with Gasteiger partial charge in [-0.1, -0.05) is 30.3 Å². The van der Waals surface area contributed by atoms with E-state index in [-0.39, 0.29) is 0 Å². The van der Waals surface area contributed by atoms with Crippen LogP contribution in [0.2, 0.25) is 0 Å². The zero-order chi connectivity index (χ0) is 20.5. The Kier molecular flexibility index (Phi) is 7.63. The first-order valence-electron chi connectivity index (χ1n) is 9.15. The van der Waals surface area contributed by atoms with Crippen LogP contribution in [0.5, 0.6) is 11.5 Å². The molecule has 2 rings (SSSR count). The Morgan fingerprint density at radius 3 is 2.50 bits per heavy atom. The van der Waals surface area contributed by atoms with Crippen LogP contribution >= 0.6 is 0 Å². The molecule has 0 saturated carbocycles. The number of hydrogen-bond donors (Lipinski definition) is 2. The van der Waals surface area contributed by atoms with Crippen molar-refractivity contribution in [3.05, 3.63) is 65.2 Å². The molecule has 28 heavy (non-hydrogen) atoms. The van der Waals surface area contributed by atoms with E-state index in [9.17, 15) is 9.59 Å². The Balaban J connectivity index is 1.88. The van der Waals surface area contributed by atoms with Gasteiger partial charge in [-0.25, -0.2) is 0 Å². The Labute approximate surface area is 165 Å². The summed E-state index contributed by atoms with van der Waals surface area (Å²) in [6.07, 6.45) is 2.19. The van der Waals surface area contributed by atoms with E-state index < -0.39 is 17.9 Å². The maximum Gasteiger partial charge on any atom is 0.279 e. The standard InChI is InChI=1S/C22H26N2O4/c1-5-27-20-11-7-6-10-18(20)13-14-21(25)23-24-22(26)17(4)28-19-12-8-9-15(2)16(19)3/h6-14,17H,5H2,1-4H3,(H,23,25)(H,24,26)/b14-13+/t17-/m1/s1. The predicted octanol–water partition coefficient (Wildman–Crippen LogP) is 3.33. The van der Waals surface area contributed by atoms with Gasteiger partial charge in [0, 0.05) is 11.6 Å². The molecule has 0 saturated heterocycles. The van der Waals surface area contributed by atoms with Gasteiger partial charge in [-0.05, 0) is 57.0 Å². The smallest absolute Gasteiger partial charge is 0.279 e. The maximum absolute atomic E-state index is 12.2. The van der Waals surface area contributed by atoms with Crippen molar-refractivity contribution in [2.24, 2.45) is 0 Å². The highest BCUT2D eigenvalue weighted by molar-refractivity contribution is 5.93. The SMILES string of the molecule is CCOc1ccccc1/C=C/C(=O)NNC(=O)[C@@H](C)Oc1cccc(C)c1C. The van der Waals surface area contributed by atoms with Crippen LogP contribution in [0.1, 0.15) is 30.5 Å². The van der Waals surface area contributed by atoms with E-state index in [1.807, 2.05) is 63.2 Å². The lowest BCUT2D eigenvalue weighted by atomic mass is 10.1. The molecule has 0 aromatic heterocycles. The molecule has 2 N–H and O–H groups in total.